The number of hydrogen-bond donors (Lipinski definition) is 1. The van der Waals surface area contributed by atoms with Crippen LogP contribution in [0.5, 0.6) is 0 Å². The Bertz CT molecular complexity index is 583. The van der Waals surface area contributed by atoms with E-state index < -0.39 is 5.82 Å². The van der Waals surface area contributed by atoms with Crippen LogP contribution in [0.4, 0.5) is 10.1 Å². The fourth-order valence-electron chi connectivity index (χ4n) is 1.44. The molecule has 0 saturated carbocycles. The number of anilines is 1. The third-order valence-electron chi connectivity index (χ3n) is 2.32. The van der Waals surface area contributed by atoms with Crippen molar-refractivity contribution >= 4 is 50.1 Å². The van der Waals surface area contributed by atoms with Gasteiger partial charge in [-0.3, -0.25) is 4.79 Å². The Hall–Kier alpha value is -0.950. The van der Waals surface area contributed by atoms with Crippen LogP contribution in [0.25, 0.3) is 0 Å². The van der Waals surface area contributed by atoms with E-state index in [-0.39, 0.29) is 11.6 Å². The highest BCUT2D eigenvalue weighted by Crippen LogP contribution is 2.26. The van der Waals surface area contributed by atoms with Gasteiger partial charge in [-0.2, -0.15) is 0 Å². The summed E-state index contributed by atoms with van der Waals surface area (Å²) in [6, 6.07) is 11.7. The maximum atomic E-state index is 13.6. The zero-order chi connectivity index (χ0) is 13.1. The summed E-state index contributed by atoms with van der Waals surface area (Å²) in [7, 11) is 0. The van der Waals surface area contributed by atoms with E-state index in [1.54, 1.807) is 24.3 Å². The van der Waals surface area contributed by atoms with Gasteiger partial charge in [0.2, 0.25) is 0 Å². The van der Waals surface area contributed by atoms with E-state index >= 15 is 0 Å². The zero-order valence-electron chi connectivity index (χ0n) is 9.08. The number of hydrogen-bond acceptors (Lipinski definition) is 1. The van der Waals surface area contributed by atoms with Crippen LogP contribution >= 0.6 is 38.5 Å². The van der Waals surface area contributed by atoms with Gasteiger partial charge >= 0.3 is 0 Å². The summed E-state index contributed by atoms with van der Waals surface area (Å²) in [6.07, 6.45) is 0. The number of para-hydroxylation sites is 1. The number of rotatable bonds is 2. The Labute approximate surface area is 126 Å². The van der Waals surface area contributed by atoms with Gasteiger partial charge in [-0.05, 0) is 62.8 Å². The summed E-state index contributed by atoms with van der Waals surface area (Å²) in [5.41, 5.74) is 0.676. The minimum absolute atomic E-state index is 0.155. The first-order valence-corrected chi connectivity index (χ1v) is 6.96. The molecule has 0 unspecified atom stereocenters. The summed E-state index contributed by atoms with van der Waals surface area (Å²) in [6.45, 7) is 0. The summed E-state index contributed by atoms with van der Waals surface area (Å²) >= 11 is 5.28. The zero-order valence-corrected chi connectivity index (χ0v) is 12.8. The monoisotopic (exact) mass is 419 g/mol. The van der Waals surface area contributed by atoms with Crippen molar-refractivity contribution in [1.82, 2.24) is 0 Å². The van der Waals surface area contributed by atoms with Crippen molar-refractivity contribution in [2.75, 3.05) is 5.32 Å². The van der Waals surface area contributed by atoms with Gasteiger partial charge in [-0.15, -0.1) is 0 Å². The van der Waals surface area contributed by atoms with Crippen molar-refractivity contribution < 1.29 is 9.18 Å². The smallest absolute Gasteiger partial charge is 0.256 e. The lowest BCUT2D eigenvalue weighted by atomic mass is 10.2. The van der Waals surface area contributed by atoms with Gasteiger partial charge in [0.15, 0.2) is 0 Å². The van der Waals surface area contributed by atoms with E-state index in [1.807, 2.05) is 12.1 Å². The first-order valence-electron chi connectivity index (χ1n) is 5.09. The molecule has 2 aromatic rings. The Morgan fingerprint density at radius 1 is 1.17 bits per heavy atom. The van der Waals surface area contributed by atoms with Gasteiger partial charge in [0, 0.05) is 8.04 Å². The third kappa shape index (κ3) is 2.89. The molecular weight excluding hydrogens is 412 g/mol. The average molecular weight is 420 g/mol. The van der Waals surface area contributed by atoms with Crippen molar-refractivity contribution in [3.63, 3.8) is 0 Å². The first kappa shape index (κ1) is 13.5. The normalized spacial score (nSPS) is 10.2. The summed E-state index contributed by atoms with van der Waals surface area (Å²) in [5, 5.41) is 2.57. The van der Waals surface area contributed by atoms with Crippen LogP contribution in [-0.2, 0) is 0 Å². The van der Waals surface area contributed by atoms with Crippen molar-refractivity contribution in [2.24, 2.45) is 0 Å². The molecule has 18 heavy (non-hydrogen) atoms. The van der Waals surface area contributed by atoms with Crippen LogP contribution in [0.15, 0.2) is 46.9 Å². The molecule has 1 N–H and O–H groups in total. The standard InChI is InChI=1S/C13H8BrFINO/c14-9-5-3-6-10(15)12(9)17-13(18)8-4-1-2-7-11(8)16/h1-7H,(H,17,18). The van der Waals surface area contributed by atoms with Crippen LogP contribution in [0.3, 0.4) is 0 Å². The Morgan fingerprint density at radius 2 is 1.89 bits per heavy atom. The molecule has 0 atom stereocenters. The summed E-state index contributed by atoms with van der Waals surface area (Å²) < 4.78 is 14.9. The topological polar surface area (TPSA) is 29.1 Å². The average Bonchev–Trinajstić information content (AvgIpc) is 2.34. The molecule has 0 aromatic heterocycles. The van der Waals surface area contributed by atoms with E-state index in [4.69, 9.17) is 0 Å². The molecule has 0 aliphatic heterocycles. The third-order valence-corrected chi connectivity index (χ3v) is 3.92. The number of benzene rings is 2. The predicted molar refractivity (Wildman–Crippen MR) is 81.2 cm³/mol. The van der Waals surface area contributed by atoms with E-state index in [0.717, 1.165) is 3.57 Å². The molecule has 0 fully saturated rings. The van der Waals surface area contributed by atoms with Crippen molar-refractivity contribution in [1.29, 1.82) is 0 Å². The number of nitrogens with one attached hydrogen (secondary N) is 1. The van der Waals surface area contributed by atoms with E-state index in [1.165, 1.54) is 6.07 Å². The van der Waals surface area contributed by atoms with Crippen molar-refractivity contribution in [2.45, 2.75) is 0 Å². The second-order valence-corrected chi connectivity index (χ2v) is 5.55. The lowest BCUT2D eigenvalue weighted by Crippen LogP contribution is -2.14. The van der Waals surface area contributed by atoms with Gasteiger partial charge in [0.25, 0.3) is 5.91 Å². The summed E-state index contributed by atoms with van der Waals surface area (Å²) in [4.78, 5) is 12.0. The van der Waals surface area contributed by atoms with Crippen LogP contribution in [0.2, 0.25) is 0 Å². The highest BCUT2D eigenvalue weighted by Gasteiger charge is 2.13. The minimum Gasteiger partial charge on any atom is -0.318 e. The number of halogens is 3. The number of carbonyl (C=O) groups is 1. The van der Waals surface area contributed by atoms with Crippen molar-refractivity contribution in [3.05, 3.63) is 61.9 Å². The van der Waals surface area contributed by atoms with Crippen molar-refractivity contribution in [3.8, 4) is 0 Å². The first-order chi connectivity index (χ1) is 8.59. The van der Waals surface area contributed by atoms with Gasteiger partial charge in [-0.25, -0.2) is 4.39 Å². The van der Waals surface area contributed by atoms with Gasteiger partial charge < -0.3 is 5.32 Å². The predicted octanol–water partition coefficient (Wildman–Crippen LogP) is 4.45. The molecular formula is C13H8BrFINO. The second kappa shape index (κ2) is 5.79. The molecule has 0 saturated heterocycles. The molecule has 0 spiro atoms. The number of amides is 1. The Kier molecular flexibility index (Phi) is 4.34. The van der Waals surface area contributed by atoms with Gasteiger partial charge in [-0.1, -0.05) is 18.2 Å². The Morgan fingerprint density at radius 3 is 2.56 bits per heavy atom. The van der Waals surface area contributed by atoms with Crippen LogP contribution in [0.1, 0.15) is 10.4 Å². The van der Waals surface area contributed by atoms with E-state index in [2.05, 4.69) is 43.8 Å². The lowest BCUT2D eigenvalue weighted by Gasteiger charge is -2.09. The molecule has 92 valence electrons. The molecule has 5 heteroatoms. The quantitative estimate of drug-likeness (QED) is 0.716. The highest BCUT2D eigenvalue weighted by atomic mass is 127. The molecule has 0 aliphatic rings. The maximum Gasteiger partial charge on any atom is 0.256 e. The molecule has 2 nitrogen and oxygen atoms in total. The Balaban J connectivity index is 2.30. The largest absolute Gasteiger partial charge is 0.318 e. The fourth-order valence-corrected chi connectivity index (χ4v) is 2.52. The molecule has 2 rings (SSSR count). The molecule has 1 amide bonds. The molecule has 0 heterocycles. The molecule has 0 bridgehead atoms. The lowest BCUT2D eigenvalue weighted by molar-refractivity contribution is 0.102. The van der Waals surface area contributed by atoms with E-state index in [0.29, 0.717) is 10.0 Å². The SMILES string of the molecule is O=C(Nc1c(F)cccc1Br)c1ccccc1I. The molecule has 0 aliphatic carbocycles. The minimum atomic E-state index is -0.469. The second-order valence-electron chi connectivity index (χ2n) is 3.53. The highest BCUT2D eigenvalue weighted by molar-refractivity contribution is 14.1. The summed E-state index contributed by atoms with van der Waals surface area (Å²) in [5.74, 6) is -0.797. The van der Waals surface area contributed by atoms with Gasteiger partial charge in [0.05, 0.1) is 11.3 Å². The number of carbonyl (C=O) groups excluding carboxylic acids is 1. The van der Waals surface area contributed by atoms with Crippen LogP contribution in [0, 0.1) is 9.39 Å². The van der Waals surface area contributed by atoms with Gasteiger partial charge in [0.1, 0.15) is 5.82 Å². The molecule has 0 radical (unpaired) electrons. The van der Waals surface area contributed by atoms with Crippen LogP contribution in [-0.4, -0.2) is 5.91 Å². The maximum absolute atomic E-state index is 13.6. The molecule has 2 aromatic carbocycles. The fraction of sp³-hybridized carbons (Fsp3) is 0. The van der Waals surface area contributed by atoms with E-state index in [9.17, 15) is 9.18 Å². The van der Waals surface area contributed by atoms with Crippen LogP contribution < -0.4 is 5.32 Å².